The summed E-state index contributed by atoms with van der Waals surface area (Å²) in [5, 5.41) is 9.28. The van der Waals surface area contributed by atoms with Crippen LogP contribution in [0, 0.1) is 0 Å². The molecule has 1 saturated carbocycles. The van der Waals surface area contributed by atoms with Crippen LogP contribution in [0.5, 0.6) is 0 Å². The molecule has 1 aromatic rings. The van der Waals surface area contributed by atoms with Crippen molar-refractivity contribution in [3.8, 4) is 0 Å². The van der Waals surface area contributed by atoms with Crippen LogP contribution in [0.15, 0.2) is 18.2 Å². The standard InChI is InChI=1S/C10H9ClO2/c11-9-5-7(10(12)13)3-4-8(9)6-1-2-6/h3-6H,1-2H2,(H,12,13). The second kappa shape index (κ2) is 3.04. The average Bonchev–Trinajstić information content (AvgIpc) is 2.87. The van der Waals surface area contributed by atoms with Gasteiger partial charge in [0.15, 0.2) is 0 Å². The van der Waals surface area contributed by atoms with Crippen molar-refractivity contribution < 1.29 is 9.90 Å². The Labute approximate surface area is 81.1 Å². The molecule has 0 heterocycles. The summed E-state index contributed by atoms with van der Waals surface area (Å²) < 4.78 is 0. The molecule has 2 rings (SSSR count). The number of rotatable bonds is 2. The molecule has 0 atom stereocenters. The number of hydrogen-bond acceptors (Lipinski definition) is 1. The second-order valence-electron chi connectivity index (χ2n) is 3.32. The largest absolute Gasteiger partial charge is 0.478 e. The van der Waals surface area contributed by atoms with E-state index in [1.54, 1.807) is 6.07 Å². The predicted octanol–water partition coefficient (Wildman–Crippen LogP) is 2.92. The summed E-state index contributed by atoms with van der Waals surface area (Å²) in [6.45, 7) is 0. The van der Waals surface area contributed by atoms with Gasteiger partial charge in [0.2, 0.25) is 0 Å². The van der Waals surface area contributed by atoms with Gasteiger partial charge in [0, 0.05) is 5.02 Å². The van der Waals surface area contributed by atoms with E-state index in [4.69, 9.17) is 16.7 Å². The third-order valence-electron chi connectivity index (χ3n) is 2.26. The lowest BCUT2D eigenvalue weighted by Gasteiger charge is -2.02. The Hall–Kier alpha value is -1.02. The van der Waals surface area contributed by atoms with Gasteiger partial charge in [-0.2, -0.15) is 0 Å². The lowest BCUT2D eigenvalue weighted by molar-refractivity contribution is 0.0697. The molecule has 3 heteroatoms. The maximum atomic E-state index is 10.6. The molecule has 1 fully saturated rings. The molecule has 0 amide bonds. The smallest absolute Gasteiger partial charge is 0.335 e. The molecule has 1 aliphatic rings. The van der Waals surface area contributed by atoms with Gasteiger partial charge in [-0.3, -0.25) is 0 Å². The van der Waals surface area contributed by atoms with Crippen molar-refractivity contribution in [2.24, 2.45) is 0 Å². The third-order valence-corrected chi connectivity index (χ3v) is 2.59. The number of aromatic carboxylic acids is 1. The maximum Gasteiger partial charge on any atom is 0.335 e. The van der Waals surface area contributed by atoms with E-state index < -0.39 is 5.97 Å². The first-order valence-electron chi connectivity index (χ1n) is 4.21. The molecular formula is C10H9ClO2. The summed E-state index contributed by atoms with van der Waals surface area (Å²) in [4.78, 5) is 10.6. The quantitative estimate of drug-likeness (QED) is 0.790. The Bertz CT molecular complexity index is 356. The van der Waals surface area contributed by atoms with E-state index in [0.717, 1.165) is 5.56 Å². The monoisotopic (exact) mass is 196 g/mol. The van der Waals surface area contributed by atoms with E-state index in [1.165, 1.54) is 18.9 Å². The van der Waals surface area contributed by atoms with Gasteiger partial charge >= 0.3 is 5.97 Å². The lowest BCUT2D eigenvalue weighted by Crippen LogP contribution is -1.96. The Morgan fingerprint density at radius 2 is 2.15 bits per heavy atom. The zero-order valence-corrected chi connectivity index (χ0v) is 7.71. The number of carbonyl (C=O) groups is 1. The number of hydrogen-bond donors (Lipinski definition) is 1. The molecule has 1 N–H and O–H groups in total. The van der Waals surface area contributed by atoms with E-state index in [9.17, 15) is 4.79 Å². The highest BCUT2D eigenvalue weighted by molar-refractivity contribution is 6.31. The molecule has 0 unspecified atom stereocenters. The summed E-state index contributed by atoms with van der Waals surface area (Å²) in [5.41, 5.74) is 1.35. The van der Waals surface area contributed by atoms with Crippen LogP contribution >= 0.6 is 11.6 Å². The molecule has 0 aliphatic heterocycles. The molecule has 1 aromatic carbocycles. The van der Waals surface area contributed by atoms with Gasteiger partial charge in [-0.1, -0.05) is 17.7 Å². The van der Waals surface area contributed by atoms with Crippen LogP contribution in [0.3, 0.4) is 0 Å². The molecule has 0 spiro atoms. The van der Waals surface area contributed by atoms with Gasteiger partial charge < -0.3 is 5.11 Å². The fourth-order valence-electron chi connectivity index (χ4n) is 1.39. The topological polar surface area (TPSA) is 37.3 Å². The van der Waals surface area contributed by atoms with Crippen LogP contribution in [0.4, 0.5) is 0 Å². The first kappa shape index (κ1) is 8.57. The van der Waals surface area contributed by atoms with Gasteiger partial charge in [-0.15, -0.1) is 0 Å². The molecule has 0 bridgehead atoms. The van der Waals surface area contributed by atoms with Crippen molar-refractivity contribution in [3.63, 3.8) is 0 Å². The molecule has 13 heavy (non-hydrogen) atoms. The first-order valence-corrected chi connectivity index (χ1v) is 4.59. The molecule has 0 aromatic heterocycles. The van der Waals surface area contributed by atoms with Crippen LogP contribution in [0.2, 0.25) is 5.02 Å². The third kappa shape index (κ3) is 1.68. The van der Waals surface area contributed by atoms with Gasteiger partial charge in [-0.05, 0) is 36.5 Å². The average molecular weight is 197 g/mol. The highest BCUT2D eigenvalue weighted by Gasteiger charge is 2.25. The summed E-state index contributed by atoms with van der Waals surface area (Å²) >= 11 is 5.95. The summed E-state index contributed by atoms with van der Waals surface area (Å²) in [7, 11) is 0. The number of carboxylic acid groups (broad SMARTS) is 1. The van der Waals surface area contributed by atoms with E-state index in [1.807, 2.05) is 6.07 Å². The van der Waals surface area contributed by atoms with Crippen molar-refractivity contribution in [3.05, 3.63) is 34.3 Å². The SMILES string of the molecule is O=C(O)c1ccc(C2CC2)c(Cl)c1. The Morgan fingerprint density at radius 3 is 2.62 bits per heavy atom. The number of halogens is 1. The van der Waals surface area contributed by atoms with Crippen molar-refractivity contribution in [2.45, 2.75) is 18.8 Å². The molecule has 1 aliphatic carbocycles. The zero-order valence-electron chi connectivity index (χ0n) is 6.96. The predicted molar refractivity (Wildman–Crippen MR) is 50.4 cm³/mol. The van der Waals surface area contributed by atoms with Crippen molar-refractivity contribution in [1.82, 2.24) is 0 Å². The Kier molecular flexibility index (Phi) is 2.00. The lowest BCUT2D eigenvalue weighted by atomic mass is 10.1. The summed E-state index contributed by atoms with van der Waals surface area (Å²) in [5.74, 6) is -0.361. The van der Waals surface area contributed by atoms with E-state index >= 15 is 0 Å². The van der Waals surface area contributed by atoms with Crippen LogP contribution in [0.25, 0.3) is 0 Å². The van der Waals surface area contributed by atoms with Gasteiger partial charge in [0.1, 0.15) is 0 Å². The Balaban J connectivity index is 2.36. The van der Waals surface area contributed by atoms with E-state index in [-0.39, 0.29) is 5.56 Å². The van der Waals surface area contributed by atoms with E-state index in [0.29, 0.717) is 10.9 Å². The molecule has 0 radical (unpaired) electrons. The zero-order chi connectivity index (χ0) is 9.42. The summed E-state index contributed by atoms with van der Waals surface area (Å²) in [6.07, 6.45) is 2.35. The van der Waals surface area contributed by atoms with Crippen LogP contribution in [-0.2, 0) is 0 Å². The maximum absolute atomic E-state index is 10.6. The van der Waals surface area contributed by atoms with Gasteiger partial charge in [0.05, 0.1) is 5.56 Å². The van der Waals surface area contributed by atoms with Gasteiger partial charge in [0.25, 0.3) is 0 Å². The second-order valence-corrected chi connectivity index (χ2v) is 3.72. The molecule has 2 nitrogen and oxygen atoms in total. The van der Waals surface area contributed by atoms with Crippen LogP contribution in [-0.4, -0.2) is 11.1 Å². The van der Waals surface area contributed by atoms with Crippen LogP contribution in [0.1, 0.15) is 34.7 Å². The highest BCUT2D eigenvalue weighted by atomic mass is 35.5. The highest BCUT2D eigenvalue weighted by Crippen LogP contribution is 2.43. The fraction of sp³-hybridized carbons (Fsp3) is 0.300. The minimum Gasteiger partial charge on any atom is -0.478 e. The molecule has 68 valence electrons. The Morgan fingerprint density at radius 1 is 1.46 bits per heavy atom. The first-order chi connectivity index (χ1) is 6.18. The van der Waals surface area contributed by atoms with Gasteiger partial charge in [-0.25, -0.2) is 4.79 Å². The summed E-state index contributed by atoms with van der Waals surface area (Å²) in [6, 6.07) is 4.96. The van der Waals surface area contributed by atoms with Crippen molar-refractivity contribution >= 4 is 17.6 Å². The minimum absolute atomic E-state index is 0.259. The number of carboxylic acids is 1. The van der Waals surface area contributed by atoms with Crippen LogP contribution < -0.4 is 0 Å². The fourth-order valence-corrected chi connectivity index (χ4v) is 1.72. The van der Waals surface area contributed by atoms with Crippen molar-refractivity contribution in [2.75, 3.05) is 0 Å². The van der Waals surface area contributed by atoms with Crippen molar-refractivity contribution in [1.29, 1.82) is 0 Å². The molecule has 0 saturated heterocycles. The number of benzene rings is 1. The molecular weight excluding hydrogens is 188 g/mol. The minimum atomic E-state index is -0.927. The normalized spacial score (nSPS) is 15.8. The van der Waals surface area contributed by atoms with E-state index in [2.05, 4.69) is 0 Å².